The van der Waals surface area contributed by atoms with E-state index in [0.29, 0.717) is 13.2 Å². The predicted octanol–water partition coefficient (Wildman–Crippen LogP) is 8.14. The molecule has 0 aliphatic heterocycles. The molecule has 2 radical (unpaired) electrons. The van der Waals surface area contributed by atoms with Crippen LogP contribution in [-0.2, 0) is 14.5 Å². The minimum atomic E-state index is -0.718. The van der Waals surface area contributed by atoms with Gasteiger partial charge in [0, 0.05) is 0 Å². The molecular formula is C23H48O4Sn. The summed E-state index contributed by atoms with van der Waals surface area (Å²) < 4.78 is 8.13. The van der Waals surface area contributed by atoms with Crippen molar-refractivity contribution in [3.63, 3.8) is 0 Å². The van der Waals surface area contributed by atoms with Gasteiger partial charge in [-0.3, -0.25) is 4.89 Å². The van der Waals surface area contributed by atoms with E-state index in [1.165, 1.54) is 64.2 Å². The summed E-state index contributed by atoms with van der Waals surface area (Å²) in [7, 11) is 0. The van der Waals surface area contributed by atoms with Gasteiger partial charge in [-0.2, -0.15) is 4.89 Å². The monoisotopic (exact) mass is 508 g/mol. The minimum absolute atomic E-state index is 0.149. The average molecular weight is 507 g/mol. The van der Waals surface area contributed by atoms with E-state index >= 15 is 0 Å². The molecule has 0 bridgehead atoms. The molecule has 0 unspecified atom stereocenters. The van der Waals surface area contributed by atoms with Crippen molar-refractivity contribution in [3.8, 4) is 0 Å². The number of carbonyl (C=O) groups excluding carboxylic acids is 1. The van der Waals surface area contributed by atoms with Gasteiger partial charge in [-0.15, -0.1) is 0 Å². The molecule has 4 nitrogen and oxygen atoms in total. The van der Waals surface area contributed by atoms with E-state index in [4.69, 9.17) is 9.62 Å². The second-order valence-corrected chi connectivity index (χ2v) is 11.6. The molecule has 0 aliphatic rings. The van der Waals surface area contributed by atoms with Crippen LogP contribution in [-0.4, -0.2) is 40.5 Å². The number of hydrogen-bond acceptors (Lipinski definition) is 4. The molecule has 0 aliphatic carbocycles. The van der Waals surface area contributed by atoms with Gasteiger partial charge in [0.15, 0.2) is 0 Å². The summed E-state index contributed by atoms with van der Waals surface area (Å²) >= 11 is 0.149. The first kappa shape index (κ1) is 30.2. The number of hydrogen-bond donors (Lipinski definition) is 0. The summed E-state index contributed by atoms with van der Waals surface area (Å²) in [6.07, 6.45) is 16.5. The second-order valence-electron chi connectivity index (χ2n) is 7.29. The number of rotatable bonds is 19. The average Bonchev–Trinajstić information content (AvgIpc) is 2.70. The molecule has 0 aromatic carbocycles. The Morgan fingerprint density at radius 1 is 0.607 bits per heavy atom. The Morgan fingerprint density at radius 3 is 1.57 bits per heavy atom. The topological polar surface area (TPSA) is 44.8 Å². The molecule has 28 heavy (non-hydrogen) atoms. The van der Waals surface area contributed by atoms with Gasteiger partial charge in [0.25, 0.3) is 0 Å². The van der Waals surface area contributed by atoms with Gasteiger partial charge >= 0.3 is 75.7 Å². The molecule has 5 heteroatoms. The van der Waals surface area contributed by atoms with Crippen LogP contribution in [0.1, 0.15) is 118 Å². The molecule has 0 saturated carbocycles. The molecular weight excluding hydrogens is 459 g/mol. The Bertz CT molecular complexity index is 282. The molecule has 0 spiro atoms. The van der Waals surface area contributed by atoms with Crippen molar-refractivity contribution in [3.05, 3.63) is 0 Å². The zero-order chi connectivity index (χ0) is 21.1. The molecule has 0 atom stereocenters. The van der Waals surface area contributed by atoms with E-state index in [1.807, 2.05) is 0 Å². The van der Waals surface area contributed by atoms with Crippen molar-refractivity contribution in [2.75, 3.05) is 13.2 Å². The summed E-state index contributed by atoms with van der Waals surface area (Å²) in [4.78, 5) is 20.4. The van der Waals surface area contributed by atoms with Gasteiger partial charge in [0.2, 0.25) is 0 Å². The maximum atomic E-state index is 11.1. The summed E-state index contributed by atoms with van der Waals surface area (Å²) in [5.74, 6) is 0. The van der Waals surface area contributed by atoms with Crippen molar-refractivity contribution < 1.29 is 19.3 Å². The summed E-state index contributed by atoms with van der Waals surface area (Å²) in [5.41, 5.74) is 0. The summed E-state index contributed by atoms with van der Waals surface area (Å²) in [6, 6.07) is 0. The Balaban J connectivity index is 0. The molecule has 0 aromatic rings. The molecule has 0 amide bonds. The summed E-state index contributed by atoms with van der Waals surface area (Å²) in [6.45, 7) is 9.81. The Labute approximate surface area is 186 Å². The van der Waals surface area contributed by atoms with E-state index in [0.717, 1.165) is 25.7 Å². The van der Waals surface area contributed by atoms with Crippen LogP contribution in [0.3, 0.4) is 0 Å². The molecule has 0 fully saturated rings. The van der Waals surface area contributed by atoms with Gasteiger partial charge in [-0.05, 0) is 12.8 Å². The zero-order valence-corrected chi connectivity index (χ0v) is 22.2. The quantitative estimate of drug-likeness (QED) is 0.0582. The van der Waals surface area contributed by atoms with Crippen LogP contribution in [0.2, 0.25) is 8.87 Å². The standard InChI is InChI=1S/C15H30O4.2C4H9.Sn/c1-3-5-7-9-11-13-17-15(16)19-18-14-12-10-8-6-4-2;2*1-3-4-2;/h3-14H2,1-2H3;2*1,3-4H2,2H3;. The number of carbonyl (C=O) groups is 1. The van der Waals surface area contributed by atoms with E-state index < -0.39 is 6.16 Å². The van der Waals surface area contributed by atoms with Crippen LogP contribution in [0, 0.1) is 0 Å². The zero-order valence-electron chi connectivity index (χ0n) is 19.4. The van der Waals surface area contributed by atoms with Crippen LogP contribution in [0.25, 0.3) is 0 Å². The van der Waals surface area contributed by atoms with Gasteiger partial charge in [0.05, 0.1) is 13.2 Å². The molecule has 0 heterocycles. The fraction of sp³-hybridized carbons (Fsp3) is 0.957. The van der Waals surface area contributed by atoms with Gasteiger partial charge in [-0.25, -0.2) is 4.79 Å². The molecule has 168 valence electrons. The van der Waals surface area contributed by atoms with Crippen molar-refractivity contribution in [2.45, 2.75) is 126 Å². The van der Waals surface area contributed by atoms with E-state index in [-0.39, 0.29) is 21.1 Å². The van der Waals surface area contributed by atoms with Gasteiger partial charge in [-0.1, -0.05) is 65.2 Å². The van der Waals surface area contributed by atoms with Gasteiger partial charge < -0.3 is 4.74 Å². The summed E-state index contributed by atoms with van der Waals surface area (Å²) in [5, 5.41) is 0. The maximum absolute atomic E-state index is 11.1. The Kier molecular flexibility index (Phi) is 31.6. The molecule has 0 aromatic heterocycles. The van der Waals surface area contributed by atoms with Crippen LogP contribution in [0.5, 0.6) is 0 Å². The van der Waals surface area contributed by atoms with Crippen LogP contribution < -0.4 is 0 Å². The SMILES string of the molecule is CCCCCCCOOC(=O)OCCCCCCC.CCC[CH2][Sn][CH2]CCC. The Morgan fingerprint density at radius 2 is 1.07 bits per heavy atom. The van der Waals surface area contributed by atoms with Crippen LogP contribution in [0.15, 0.2) is 0 Å². The number of ether oxygens (including phenoxy) is 1. The third-order valence-electron chi connectivity index (χ3n) is 4.34. The van der Waals surface area contributed by atoms with E-state index in [9.17, 15) is 4.79 Å². The van der Waals surface area contributed by atoms with Crippen molar-refractivity contribution in [2.24, 2.45) is 0 Å². The number of unbranched alkanes of at least 4 members (excludes halogenated alkanes) is 10. The van der Waals surface area contributed by atoms with Crippen molar-refractivity contribution in [1.29, 1.82) is 0 Å². The van der Waals surface area contributed by atoms with Crippen molar-refractivity contribution >= 4 is 27.3 Å². The van der Waals surface area contributed by atoms with Crippen molar-refractivity contribution in [1.82, 2.24) is 0 Å². The molecule has 0 N–H and O–H groups in total. The van der Waals surface area contributed by atoms with E-state index in [2.05, 4.69) is 32.6 Å². The predicted molar refractivity (Wildman–Crippen MR) is 121 cm³/mol. The Hall–Kier alpha value is 0.0287. The fourth-order valence-electron chi connectivity index (χ4n) is 2.47. The fourth-order valence-corrected chi connectivity index (χ4v) is 6.63. The second kappa shape index (κ2) is 29.2. The first-order valence-corrected chi connectivity index (χ1v) is 15.9. The first-order chi connectivity index (χ1) is 13.7. The first-order valence-electron chi connectivity index (χ1n) is 11.9. The van der Waals surface area contributed by atoms with Crippen LogP contribution in [0.4, 0.5) is 4.79 Å². The van der Waals surface area contributed by atoms with Crippen LogP contribution >= 0.6 is 0 Å². The third-order valence-corrected chi connectivity index (χ3v) is 8.38. The normalized spacial score (nSPS) is 10.3. The molecule has 0 saturated heterocycles. The van der Waals surface area contributed by atoms with E-state index in [1.54, 1.807) is 8.87 Å². The van der Waals surface area contributed by atoms with Gasteiger partial charge in [0.1, 0.15) is 0 Å². The third kappa shape index (κ3) is 30.7. The molecule has 0 rings (SSSR count).